The summed E-state index contributed by atoms with van der Waals surface area (Å²) in [5.74, 6) is -0.0143. The molecule has 1 aliphatic carbocycles. The van der Waals surface area contributed by atoms with Crippen LogP contribution < -0.4 is 4.72 Å². The number of sulfonamides is 1. The molecule has 142 valence electrons. The summed E-state index contributed by atoms with van der Waals surface area (Å²) in [7, 11) is -3.19. The molecule has 3 heterocycles. The van der Waals surface area contributed by atoms with Crippen molar-refractivity contribution in [2.75, 3.05) is 19.7 Å². The maximum atomic E-state index is 12.5. The molecule has 0 aromatic carbocycles. The average Bonchev–Trinajstić information content (AvgIpc) is 3.22. The van der Waals surface area contributed by atoms with Crippen LogP contribution in [0.2, 0.25) is 0 Å². The van der Waals surface area contributed by atoms with Gasteiger partial charge in [-0.05, 0) is 49.6 Å². The average molecular weight is 397 g/mol. The number of nitrogens with one attached hydrogen (secondary N) is 1. The van der Waals surface area contributed by atoms with E-state index < -0.39 is 15.6 Å². The Bertz CT molecular complexity index is 786. The van der Waals surface area contributed by atoms with Crippen molar-refractivity contribution in [2.45, 2.75) is 49.0 Å². The second kappa shape index (κ2) is 7.07. The zero-order valence-electron chi connectivity index (χ0n) is 14.6. The summed E-state index contributed by atoms with van der Waals surface area (Å²) in [5, 5.41) is 1.78. The first-order valence-corrected chi connectivity index (χ1v) is 11.5. The molecular weight excluding hydrogens is 372 g/mol. The van der Waals surface area contributed by atoms with E-state index in [2.05, 4.69) is 4.72 Å². The first-order chi connectivity index (χ1) is 12.5. The standard InChI is InChI=1S/C18H24N2O4S2/c21-17(6-3-15-2-1-11-25-15)20-9-8-18(13-20)12-14(7-10-24-18)19-26(22,23)16-4-5-16/h1-3,6,11,14,16,19H,4-5,7-10,12-13H2/b6-3+/t14-,18-/m1/s1. The van der Waals surface area contributed by atoms with Crippen LogP contribution in [-0.4, -0.2) is 55.8 Å². The van der Waals surface area contributed by atoms with E-state index in [-0.39, 0.29) is 17.2 Å². The predicted octanol–water partition coefficient (Wildman–Crippen LogP) is 1.99. The van der Waals surface area contributed by atoms with Crippen molar-refractivity contribution in [3.05, 3.63) is 28.5 Å². The molecule has 2 saturated heterocycles. The number of ether oxygens (including phenoxy) is 1. The van der Waals surface area contributed by atoms with Crippen LogP contribution in [0.3, 0.4) is 0 Å². The molecule has 0 radical (unpaired) electrons. The van der Waals surface area contributed by atoms with Crippen LogP contribution in [0.5, 0.6) is 0 Å². The Balaban J connectivity index is 1.36. The van der Waals surface area contributed by atoms with Crippen LogP contribution >= 0.6 is 11.3 Å². The van der Waals surface area contributed by atoms with Crippen molar-refractivity contribution in [1.29, 1.82) is 0 Å². The number of carbonyl (C=O) groups is 1. The van der Waals surface area contributed by atoms with Crippen LogP contribution in [0.25, 0.3) is 6.08 Å². The minimum atomic E-state index is -3.19. The molecule has 26 heavy (non-hydrogen) atoms. The molecule has 3 fully saturated rings. The van der Waals surface area contributed by atoms with Crippen molar-refractivity contribution >= 4 is 33.3 Å². The number of thiophene rings is 1. The van der Waals surface area contributed by atoms with Crippen LogP contribution in [0.4, 0.5) is 0 Å². The predicted molar refractivity (Wildman–Crippen MR) is 101 cm³/mol. The molecule has 1 saturated carbocycles. The van der Waals surface area contributed by atoms with E-state index in [1.807, 2.05) is 28.5 Å². The third-order valence-corrected chi connectivity index (χ3v) is 8.20. The number of hydrogen-bond acceptors (Lipinski definition) is 5. The van der Waals surface area contributed by atoms with E-state index in [1.165, 1.54) is 0 Å². The van der Waals surface area contributed by atoms with Gasteiger partial charge in [0.2, 0.25) is 15.9 Å². The molecule has 3 aliphatic rings. The summed E-state index contributed by atoms with van der Waals surface area (Å²) in [6.45, 7) is 1.71. The molecule has 1 aromatic rings. The molecule has 2 atom stereocenters. The lowest BCUT2D eigenvalue weighted by atomic mass is 9.90. The number of nitrogens with zero attached hydrogens (tertiary/aromatic N) is 1. The molecule has 1 spiro atoms. The van der Waals surface area contributed by atoms with E-state index in [4.69, 9.17) is 4.74 Å². The van der Waals surface area contributed by atoms with Gasteiger partial charge in [-0.15, -0.1) is 11.3 Å². The lowest BCUT2D eigenvalue weighted by molar-refractivity contribution is -0.128. The van der Waals surface area contributed by atoms with Gasteiger partial charge in [-0.3, -0.25) is 4.79 Å². The molecule has 0 unspecified atom stereocenters. The normalized spacial score (nSPS) is 29.7. The summed E-state index contributed by atoms with van der Waals surface area (Å²) in [6.07, 6.45) is 7.07. The van der Waals surface area contributed by atoms with Crippen LogP contribution in [-0.2, 0) is 19.6 Å². The Kier molecular flexibility index (Phi) is 4.94. The Hall–Kier alpha value is -1.22. The number of amides is 1. The second-order valence-electron chi connectivity index (χ2n) is 7.44. The van der Waals surface area contributed by atoms with Crippen molar-refractivity contribution in [1.82, 2.24) is 9.62 Å². The van der Waals surface area contributed by atoms with Crippen molar-refractivity contribution in [2.24, 2.45) is 0 Å². The molecule has 1 N–H and O–H groups in total. The van der Waals surface area contributed by atoms with Crippen molar-refractivity contribution < 1.29 is 17.9 Å². The molecule has 2 aliphatic heterocycles. The fraction of sp³-hybridized carbons (Fsp3) is 0.611. The lowest BCUT2D eigenvalue weighted by Crippen LogP contribution is -2.50. The Morgan fingerprint density at radius 1 is 1.38 bits per heavy atom. The lowest BCUT2D eigenvalue weighted by Gasteiger charge is -2.38. The Morgan fingerprint density at radius 3 is 2.96 bits per heavy atom. The SMILES string of the molecule is O=C(/C=C/c1cccs1)N1CC[C@@]2(C[C@H](NS(=O)(=O)C3CC3)CCO2)C1. The summed E-state index contributed by atoms with van der Waals surface area (Å²) in [4.78, 5) is 15.3. The second-order valence-corrected chi connectivity index (χ2v) is 10.4. The molecular formula is C18H24N2O4S2. The third-order valence-electron chi connectivity index (χ3n) is 5.35. The van der Waals surface area contributed by atoms with Gasteiger partial charge >= 0.3 is 0 Å². The highest BCUT2D eigenvalue weighted by molar-refractivity contribution is 7.90. The van der Waals surface area contributed by atoms with E-state index in [0.29, 0.717) is 32.5 Å². The Labute approximate surface area is 158 Å². The van der Waals surface area contributed by atoms with Gasteiger partial charge in [-0.1, -0.05) is 6.07 Å². The highest BCUT2D eigenvalue weighted by Crippen LogP contribution is 2.36. The quantitative estimate of drug-likeness (QED) is 0.773. The van der Waals surface area contributed by atoms with Gasteiger partial charge in [-0.25, -0.2) is 13.1 Å². The molecule has 8 heteroatoms. The summed E-state index contributed by atoms with van der Waals surface area (Å²) >= 11 is 1.59. The van der Waals surface area contributed by atoms with Gasteiger partial charge in [0.1, 0.15) is 0 Å². The zero-order valence-corrected chi connectivity index (χ0v) is 16.2. The number of hydrogen-bond donors (Lipinski definition) is 1. The minimum absolute atomic E-state index is 0.0143. The van der Waals surface area contributed by atoms with E-state index in [1.54, 1.807) is 17.4 Å². The van der Waals surface area contributed by atoms with Gasteiger partial charge in [-0.2, -0.15) is 0 Å². The van der Waals surface area contributed by atoms with Gasteiger partial charge in [0, 0.05) is 30.1 Å². The van der Waals surface area contributed by atoms with Crippen molar-refractivity contribution in [3.8, 4) is 0 Å². The smallest absolute Gasteiger partial charge is 0.246 e. The minimum Gasteiger partial charge on any atom is -0.373 e. The Morgan fingerprint density at radius 2 is 2.23 bits per heavy atom. The van der Waals surface area contributed by atoms with E-state index in [0.717, 1.165) is 24.1 Å². The molecule has 0 bridgehead atoms. The van der Waals surface area contributed by atoms with Gasteiger partial charge in [0.15, 0.2) is 0 Å². The molecule has 4 rings (SSSR count). The first kappa shape index (κ1) is 18.2. The maximum Gasteiger partial charge on any atom is 0.246 e. The molecule has 1 aromatic heterocycles. The first-order valence-electron chi connectivity index (χ1n) is 9.11. The van der Waals surface area contributed by atoms with Gasteiger partial charge in [0.25, 0.3) is 0 Å². The van der Waals surface area contributed by atoms with Crippen molar-refractivity contribution in [3.63, 3.8) is 0 Å². The van der Waals surface area contributed by atoms with Crippen LogP contribution in [0, 0.1) is 0 Å². The van der Waals surface area contributed by atoms with Gasteiger partial charge < -0.3 is 9.64 Å². The zero-order chi connectivity index (χ0) is 18.2. The van der Waals surface area contributed by atoms with Crippen LogP contribution in [0.15, 0.2) is 23.6 Å². The summed E-state index contributed by atoms with van der Waals surface area (Å²) in [6, 6.07) is 3.84. The highest BCUT2D eigenvalue weighted by Gasteiger charge is 2.46. The van der Waals surface area contributed by atoms with Gasteiger partial charge in [0.05, 0.1) is 17.4 Å². The topological polar surface area (TPSA) is 75.7 Å². The number of rotatable bonds is 5. The monoisotopic (exact) mass is 396 g/mol. The molecule has 6 nitrogen and oxygen atoms in total. The van der Waals surface area contributed by atoms with E-state index in [9.17, 15) is 13.2 Å². The largest absolute Gasteiger partial charge is 0.373 e. The summed E-state index contributed by atoms with van der Waals surface area (Å²) in [5.41, 5.74) is -0.415. The fourth-order valence-corrected chi connectivity index (χ4v) is 6.03. The fourth-order valence-electron chi connectivity index (χ4n) is 3.80. The maximum absolute atomic E-state index is 12.5. The third kappa shape index (κ3) is 4.03. The van der Waals surface area contributed by atoms with E-state index >= 15 is 0 Å². The summed E-state index contributed by atoms with van der Waals surface area (Å²) < 4.78 is 33.3. The van der Waals surface area contributed by atoms with Crippen LogP contribution in [0.1, 0.15) is 37.0 Å². The highest BCUT2D eigenvalue weighted by atomic mass is 32.2. The molecule has 1 amide bonds. The number of likely N-dealkylation sites (tertiary alicyclic amines) is 1. The number of carbonyl (C=O) groups excluding carboxylic acids is 1.